The van der Waals surface area contributed by atoms with Gasteiger partial charge in [0.1, 0.15) is 0 Å². The topological polar surface area (TPSA) is 42.0 Å². The van der Waals surface area contributed by atoms with Crippen LogP contribution in [0.5, 0.6) is 0 Å². The summed E-state index contributed by atoms with van der Waals surface area (Å²) < 4.78 is 0. The van der Waals surface area contributed by atoms with Crippen molar-refractivity contribution in [2.24, 2.45) is 0 Å². The van der Waals surface area contributed by atoms with Gasteiger partial charge in [0, 0.05) is 16.0 Å². The van der Waals surface area contributed by atoms with Gasteiger partial charge in [0.05, 0.1) is 10.8 Å². The number of nitrogens with zero attached hydrogens (tertiary/aromatic N) is 1. The van der Waals surface area contributed by atoms with E-state index in [2.05, 4.69) is 10.3 Å². The molecule has 0 bridgehead atoms. The summed E-state index contributed by atoms with van der Waals surface area (Å²) in [5, 5.41) is 4.06. The number of aryl methyl sites for hydroxylation is 1. The van der Waals surface area contributed by atoms with Gasteiger partial charge in [0.15, 0.2) is 5.13 Å². The number of hydrogen-bond acceptors (Lipinski definition) is 4. The Kier molecular flexibility index (Phi) is 4.63. The molecule has 0 saturated heterocycles. The van der Waals surface area contributed by atoms with Crippen molar-refractivity contribution in [3.8, 4) is 0 Å². The summed E-state index contributed by atoms with van der Waals surface area (Å²) in [6, 6.07) is 7.47. The molecular weight excluding hydrogens is 288 g/mol. The number of halogens is 1. The zero-order valence-corrected chi connectivity index (χ0v) is 12.0. The number of nitrogens with one attached hydrogen (secondary N) is 1. The number of carbonyl (C=O) groups is 1. The molecule has 6 heteroatoms. The Morgan fingerprint density at radius 1 is 1.50 bits per heavy atom. The number of amides is 1. The molecule has 0 unspecified atom stereocenters. The molecule has 1 amide bonds. The lowest BCUT2D eigenvalue weighted by Gasteiger charge is -2.03. The number of benzene rings is 1. The van der Waals surface area contributed by atoms with E-state index in [1.807, 2.05) is 31.2 Å². The van der Waals surface area contributed by atoms with Crippen molar-refractivity contribution in [1.29, 1.82) is 0 Å². The lowest BCUT2D eigenvalue weighted by Crippen LogP contribution is -2.13. The van der Waals surface area contributed by atoms with E-state index in [9.17, 15) is 4.79 Å². The smallest absolute Gasteiger partial charge is 0.236 e. The van der Waals surface area contributed by atoms with Crippen molar-refractivity contribution < 1.29 is 4.79 Å². The Hall–Kier alpha value is -1.04. The van der Waals surface area contributed by atoms with Gasteiger partial charge in [-0.05, 0) is 19.1 Å². The number of thioether (sulfide) groups is 1. The highest BCUT2D eigenvalue weighted by Crippen LogP contribution is 2.26. The van der Waals surface area contributed by atoms with Crippen LogP contribution in [0.15, 0.2) is 35.4 Å². The molecular formula is C12H11ClN2OS2. The molecule has 2 aromatic rings. The summed E-state index contributed by atoms with van der Waals surface area (Å²) in [5.41, 5.74) is 0. The monoisotopic (exact) mass is 298 g/mol. The fourth-order valence-corrected chi connectivity index (χ4v) is 2.99. The van der Waals surface area contributed by atoms with Crippen LogP contribution in [0.4, 0.5) is 5.13 Å². The van der Waals surface area contributed by atoms with Crippen molar-refractivity contribution in [3.63, 3.8) is 0 Å². The van der Waals surface area contributed by atoms with E-state index in [1.54, 1.807) is 6.20 Å². The second kappa shape index (κ2) is 6.22. The highest BCUT2D eigenvalue weighted by Gasteiger charge is 2.07. The first-order chi connectivity index (χ1) is 8.65. The van der Waals surface area contributed by atoms with Crippen LogP contribution in [0.25, 0.3) is 0 Å². The van der Waals surface area contributed by atoms with Gasteiger partial charge in [-0.1, -0.05) is 23.7 Å². The molecule has 0 aliphatic heterocycles. The SMILES string of the molecule is Cc1cnc(NC(=O)CSc2ccccc2Cl)s1. The maximum atomic E-state index is 11.7. The molecule has 1 N–H and O–H groups in total. The van der Waals surface area contributed by atoms with Crippen molar-refractivity contribution in [2.45, 2.75) is 11.8 Å². The lowest BCUT2D eigenvalue weighted by atomic mass is 10.4. The number of thiazole rings is 1. The molecule has 2 rings (SSSR count). The number of rotatable bonds is 4. The Morgan fingerprint density at radius 3 is 2.94 bits per heavy atom. The molecule has 0 aliphatic rings. The van der Waals surface area contributed by atoms with Crippen molar-refractivity contribution in [2.75, 3.05) is 11.1 Å². The van der Waals surface area contributed by atoms with Gasteiger partial charge >= 0.3 is 0 Å². The highest BCUT2D eigenvalue weighted by molar-refractivity contribution is 8.00. The van der Waals surface area contributed by atoms with Crippen LogP contribution >= 0.6 is 34.7 Å². The third-order valence-electron chi connectivity index (χ3n) is 2.06. The summed E-state index contributed by atoms with van der Waals surface area (Å²) in [6.07, 6.45) is 1.74. The summed E-state index contributed by atoms with van der Waals surface area (Å²) in [4.78, 5) is 17.8. The van der Waals surface area contributed by atoms with E-state index in [4.69, 9.17) is 11.6 Å². The molecule has 1 aromatic heterocycles. The van der Waals surface area contributed by atoms with Crippen LogP contribution in [0.2, 0.25) is 5.02 Å². The first-order valence-electron chi connectivity index (χ1n) is 5.25. The normalized spacial score (nSPS) is 10.3. The largest absolute Gasteiger partial charge is 0.301 e. The molecule has 0 aliphatic carbocycles. The van der Waals surface area contributed by atoms with E-state index in [0.717, 1.165) is 9.77 Å². The average Bonchev–Trinajstić information content (AvgIpc) is 2.74. The van der Waals surface area contributed by atoms with Crippen LogP contribution in [-0.4, -0.2) is 16.6 Å². The maximum absolute atomic E-state index is 11.7. The van der Waals surface area contributed by atoms with Gasteiger partial charge in [-0.2, -0.15) is 0 Å². The van der Waals surface area contributed by atoms with E-state index in [1.165, 1.54) is 23.1 Å². The average molecular weight is 299 g/mol. The van der Waals surface area contributed by atoms with Crippen molar-refractivity contribution in [1.82, 2.24) is 4.98 Å². The zero-order chi connectivity index (χ0) is 13.0. The molecule has 0 saturated carbocycles. The predicted octanol–water partition coefficient (Wildman–Crippen LogP) is 3.84. The number of hydrogen-bond donors (Lipinski definition) is 1. The third-order valence-corrected chi connectivity index (χ3v) is 4.41. The van der Waals surface area contributed by atoms with Gasteiger partial charge < -0.3 is 5.32 Å². The minimum absolute atomic E-state index is 0.0748. The molecule has 0 atom stereocenters. The molecule has 1 aromatic carbocycles. The molecule has 94 valence electrons. The Labute approximate surface area is 119 Å². The molecule has 0 radical (unpaired) electrons. The fraction of sp³-hybridized carbons (Fsp3) is 0.167. The Bertz CT molecular complexity index is 557. The molecule has 0 spiro atoms. The predicted molar refractivity (Wildman–Crippen MR) is 77.7 cm³/mol. The van der Waals surface area contributed by atoms with E-state index in [0.29, 0.717) is 15.9 Å². The Morgan fingerprint density at radius 2 is 2.28 bits per heavy atom. The van der Waals surface area contributed by atoms with Gasteiger partial charge in [0.2, 0.25) is 5.91 Å². The number of anilines is 1. The summed E-state index contributed by atoms with van der Waals surface area (Å²) in [7, 11) is 0. The molecule has 0 fully saturated rings. The van der Waals surface area contributed by atoms with E-state index >= 15 is 0 Å². The van der Waals surface area contributed by atoms with Crippen LogP contribution in [-0.2, 0) is 4.79 Å². The lowest BCUT2D eigenvalue weighted by molar-refractivity contribution is -0.113. The van der Waals surface area contributed by atoms with Crippen molar-refractivity contribution >= 4 is 45.7 Å². The highest BCUT2D eigenvalue weighted by atomic mass is 35.5. The summed E-state index contributed by atoms with van der Waals surface area (Å²) in [5.74, 6) is 0.247. The van der Waals surface area contributed by atoms with Crippen LogP contribution < -0.4 is 5.32 Å². The van der Waals surface area contributed by atoms with Gasteiger partial charge in [-0.3, -0.25) is 4.79 Å². The molecule has 1 heterocycles. The van der Waals surface area contributed by atoms with Crippen molar-refractivity contribution in [3.05, 3.63) is 40.4 Å². The van der Waals surface area contributed by atoms with Crippen LogP contribution in [0, 0.1) is 6.92 Å². The number of aromatic nitrogens is 1. The minimum Gasteiger partial charge on any atom is -0.301 e. The molecule has 3 nitrogen and oxygen atoms in total. The van der Waals surface area contributed by atoms with E-state index < -0.39 is 0 Å². The maximum Gasteiger partial charge on any atom is 0.236 e. The van der Waals surface area contributed by atoms with Gasteiger partial charge in [-0.15, -0.1) is 23.1 Å². The minimum atomic E-state index is -0.0748. The molecule has 18 heavy (non-hydrogen) atoms. The first kappa shape index (κ1) is 13.4. The number of carbonyl (C=O) groups excluding carboxylic acids is 1. The van der Waals surface area contributed by atoms with Gasteiger partial charge in [-0.25, -0.2) is 4.98 Å². The van der Waals surface area contributed by atoms with Crippen LogP contribution in [0.3, 0.4) is 0 Å². The summed E-state index contributed by atoms with van der Waals surface area (Å²) >= 11 is 8.88. The second-order valence-electron chi connectivity index (χ2n) is 3.54. The van der Waals surface area contributed by atoms with E-state index in [-0.39, 0.29) is 5.91 Å². The van der Waals surface area contributed by atoms with Gasteiger partial charge in [0.25, 0.3) is 0 Å². The second-order valence-corrected chi connectivity index (χ2v) is 6.20. The fourth-order valence-electron chi connectivity index (χ4n) is 1.27. The Balaban J connectivity index is 1.87. The first-order valence-corrected chi connectivity index (χ1v) is 7.43. The zero-order valence-electron chi connectivity index (χ0n) is 9.64. The quantitative estimate of drug-likeness (QED) is 0.872. The summed E-state index contributed by atoms with van der Waals surface area (Å²) in [6.45, 7) is 1.95. The third kappa shape index (κ3) is 3.73. The van der Waals surface area contributed by atoms with Crippen LogP contribution in [0.1, 0.15) is 4.88 Å². The standard InChI is InChI=1S/C12H11ClN2OS2/c1-8-6-14-12(18-8)15-11(16)7-17-10-5-3-2-4-9(10)13/h2-6H,7H2,1H3,(H,14,15,16).